The first kappa shape index (κ1) is 35.1. The third kappa shape index (κ3) is 8.07. The van der Waals surface area contributed by atoms with Crippen molar-refractivity contribution in [2.24, 2.45) is 22.7 Å². The van der Waals surface area contributed by atoms with Crippen molar-refractivity contribution in [1.29, 1.82) is 0 Å². The van der Waals surface area contributed by atoms with Crippen LogP contribution in [0.1, 0.15) is 68.5 Å². The molecule has 0 unspecified atom stereocenters. The van der Waals surface area contributed by atoms with Crippen LogP contribution >= 0.6 is 0 Å². The van der Waals surface area contributed by atoms with E-state index in [1.54, 1.807) is 21.8 Å². The molecule has 1 saturated heterocycles. The molecule has 2 heterocycles. The molecule has 3 fully saturated rings. The molecule has 2 N–H and O–H groups in total. The van der Waals surface area contributed by atoms with Gasteiger partial charge in [0.1, 0.15) is 29.4 Å². The van der Waals surface area contributed by atoms with Crippen LogP contribution < -0.4 is 10.6 Å². The Bertz CT molecular complexity index is 1570. The highest BCUT2D eigenvalue weighted by atomic mass is 19.1. The third-order valence-electron chi connectivity index (χ3n) is 9.46. The van der Waals surface area contributed by atoms with E-state index in [9.17, 15) is 19.2 Å². The van der Waals surface area contributed by atoms with Gasteiger partial charge in [0.25, 0.3) is 17.7 Å². The lowest BCUT2D eigenvalue weighted by Crippen LogP contribution is -2.50. The molecule has 12 nitrogen and oxygen atoms in total. The number of hydrogen-bond acceptors (Lipinski definition) is 7. The molecule has 5 rings (SSSR count). The first-order chi connectivity index (χ1) is 22.9. The molecule has 2 aliphatic carbocycles. The van der Waals surface area contributed by atoms with Crippen molar-refractivity contribution in [3.05, 3.63) is 54.1 Å². The number of ether oxygens (including phenoxy) is 1. The van der Waals surface area contributed by atoms with Crippen LogP contribution in [0.5, 0.6) is 0 Å². The van der Waals surface area contributed by atoms with E-state index in [1.807, 2.05) is 20.9 Å². The van der Waals surface area contributed by atoms with Crippen molar-refractivity contribution in [3.63, 3.8) is 0 Å². The fraction of sp³-hybridized carbons (Fsp3) is 0.543. The van der Waals surface area contributed by atoms with Crippen LogP contribution in [0.2, 0.25) is 0 Å². The number of likely N-dealkylation sites (N-methyl/N-ethyl adjacent to an activating group) is 1. The van der Waals surface area contributed by atoms with Gasteiger partial charge in [0.05, 0.1) is 5.69 Å². The highest BCUT2D eigenvalue weighted by Gasteiger charge is 2.48. The largest absolute Gasteiger partial charge is 0.372 e. The van der Waals surface area contributed by atoms with E-state index in [0.717, 1.165) is 31.7 Å². The number of anilines is 1. The first-order valence-electron chi connectivity index (χ1n) is 16.7. The minimum absolute atomic E-state index is 0.0537. The number of carbonyl (C=O) groups is 4. The minimum atomic E-state index is -0.892. The molecule has 48 heavy (non-hydrogen) atoms. The lowest BCUT2D eigenvalue weighted by molar-refractivity contribution is -0.128. The van der Waals surface area contributed by atoms with Gasteiger partial charge in [-0.15, -0.1) is 0 Å². The summed E-state index contributed by atoms with van der Waals surface area (Å²) in [6.45, 7) is 11.6. The van der Waals surface area contributed by atoms with Crippen molar-refractivity contribution >= 4 is 40.6 Å². The summed E-state index contributed by atoms with van der Waals surface area (Å²) >= 11 is 0. The zero-order chi connectivity index (χ0) is 34.7. The van der Waals surface area contributed by atoms with Crippen LogP contribution in [-0.4, -0.2) is 101 Å². The number of nitrogens with one attached hydrogen (secondary N) is 2. The van der Waals surface area contributed by atoms with E-state index in [-0.39, 0.29) is 34.5 Å². The number of rotatable bonds is 13. The number of piperazine rings is 1. The first-order valence-corrected chi connectivity index (χ1v) is 16.7. The third-order valence-corrected chi connectivity index (χ3v) is 9.46. The maximum Gasteiger partial charge on any atom is 0.275 e. The minimum Gasteiger partial charge on any atom is -0.372 e. The zero-order valence-electron chi connectivity index (χ0n) is 28.4. The Hall–Kier alpha value is -4.23. The molecule has 1 aliphatic heterocycles. The number of carbonyl (C=O) groups excluding carboxylic acids is 4. The number of amides is 4. The Morgan fingerprint density at radius 2 is 1.67 bits per heavy atom. The molecular formula is C35H46FN7O5. The van der Waals surface area contributed by atoms with E-state index in [4.69, 9.17) is 4.74 Å². The van der Waals surface area contributed by atoms with Crippen LogP contribution in [-0.2, 0) is 19.1 Å². The maximum atomic E-state index is 15.7. The molecule has 258 valence electrons. The molecule has 3 aliphatic rings. The lowest BCUT2D eigenvalue weighted by atomic mass is 9.88. The smallest absolute Gasteiger partial charge is 0.275 e. The number of methoxy groups -OCH3 is 1. The number of aliphatic imine (C=N–C) groups is 1. The highest BCUT2D eigenvalue weighted by Crippen LogP contribution is 2.51. The van der Waals surface area contributed by atoms with E-state index in [0.29, 0.717) is 43.7 Å². The summed E-state index contributed by atoms with van der Waals surface area (Å²) in [4.78, 5) is 61.4. The van der Waals surface area contributed by atoms with E-state index >= 15 is 4.39 Å². The molecule has 13 heteroatoms. The zero-order valence-corrected chi connectivity index (χ0v) is 28.4. The normalized spacial score (nSPS) is 18.5. The summed E-state index contributed by atoms with van der Waals surface area (Å²) in [5, 5.41) is 9.93. The Labute approximate surface area is 280 Å². The number of benzene rings is 1. The predicted octanol–water partition coefficient (Wildman–Crippen LogP) is 3.57. The molecule has 2 atom stereocenters. The van der Waals surface area contributed by atoms with Crippen LogP contribution in [0.15, 0.2) is 42.0 Å². The standard InChI is InChI=1S/C35H46FN7O5/c1-20(2)43-28(13-14-37-43)33(45)40-31(29(23-7-8-23)24-9-10-24)34(46)38-27-12-11-25(19-26(27)36)21(3)30(39-32(44)22(4)48-6)35(47)42-17-15-41(5)16-18-42/h11-14,19-20,22-24,29,31H,3,7-10,15-18H2,1-2,4-6H3,(H,38,46)(H,40,45)/t22-,31-/m0/s1. The van der Waals surface area contributed by atoms with Crippen molar-refractivity contribution < 1.29 is 28.3 Å². The van der Waals surface area contributed by atoms with Gasteiger partial charge in [0.15, 0.2) is 0 Å². The van der Waals surface area contributed by atoms with Crippen molar-refractivity contribution in [1.82, 2.24) is 24.9 Å². The van der Waals surface area contributed by atoms with Gasteiger partial charge in [-0.2, -0.15) is 5.10 Å². The molecule has 1 aromatic heterocycles. The fourth-order valence-corrected chi connectivity index (χ4v) is 6.21. The number of nitrogens with zero attached hydrogens (tertiary/aromatic N) is 5. The van der Waals surface area contributed by atoms with Crippen molar-refractivity contribution in [2.45, 2.75) is 64.6 Å². The van der Waals surface area contributed by atoms with E-state index in [1.165, 1.54) is 26.2 Å². The molecular weight excluding hydrogens is 617 g/mol. The van der Waals surface area contributed by atoms with E-state index in [2.05, 4.69) is 32.2 Å². The average molecular weight is 664 g/mol. The summed E-state index contributed by atoms with van der Waals surface area (Å²) in [5.74, 6) is -2.23. The second kappa shape index (κ2) is 14.9. The molecule has 0 spiro atoms. The van der Waals surface area contributed by atoms with Gasteiger partial charge in [0.2, 0.25) is 5.91 Å². The summed E-state index contributed by atoms with van der Waals surface area (Å²) < 4.78 is 22.4. The van der Waals surface area contributed by atoms with Crippen molar-refractivity contribution in [2.75, 3.05) is 45.7 Å². The molecule has 2 aromatic rings. The van der Waals surface area contributed by atoms with Gasteiger partial charge in [-0.05, 0) is 95.0 Å². The van der Waals surface area contributed by atoms with Gasteiger partial charge < -0.3 is 25.2 Å². The van der Waals surface area contributed by atoms with Gasteiger partial charge in [-0.3, -0.25) is 23.9 Å². The fourth-order valence-electron chi connectivity index (χ4n) is 6.21. The second-order valence-corrected chi connectivity index (χ2v) is 13.4. The molecule has 0 bridgehead atoms. The monoisotopic (exact) mass is 663 g/mol. The molecule has 1 aromatic carbocycles. The Morgan fingerprint density at radius 1 is 1.02 bits per heavy atom. The highest BCUT2D eigenvalue weighted by molar-refractivity contribution is 6.56. The summed E-state index contributed by atoms with van der Waals surface area (Å²) in [6.07, 6.45) is 4.60. The van der Waals surface area contributed by atoms with Crippen LogP contribution in [0.25, 0.3) is 5.57 Å². The van der Waals surface area contributed by atoms with Gasteiger partial charge in [-0.1, -0.05) is 12.6 Å². The molecule has 0 radical (unpaired) electrons. The number of halogens is 1. The quantitative estimate of drug-likeness (QED) is 0.313. The van der Waals surface area contributed by atoms with Crippen LogP contribution in [0, 0.1) is 23.6 Å². The van der Waals surface area contributed by atoms with Gasteiger partial charge in [0, 0.05) is 51.1 Å². The Balaban J connectivity index is 1.37. The van der Waals surface area contributed by atoms with Crippen LogP contribution in [0.3, 0.4) is 0 Å². The summed E-state index contributed by atoms with van der Waals surface area (Å²) in [6, 6.07) is 4.77. The summed E-state index contributed by atoms with van der Waals surface area (Å²) in [5.41, 5.74) is 0.377. The number of aromatic nitrogens is 2. The van der Waals surface area contributed by atoms with E-state index < -0.39 is 41.6 Å². The predicted molar refractivity (Wildman–Crippen MR) is 180 cm³/mol. The van der Waals surface area contributed by atoms with Gasteiger partial charge >= 0.3 is 0 Å². The number of hydrogen-bond donors (Lipinski definition) is 2. The van der Waals surface area contributed by atoms with Crippen molar-refractivity contribution in [3.8, 4) is 0 Å². The van der Waals surface area contributed by atoms with Crippen LogP contribution in [0.4, 0.5) is 10.1 Å². The Morgan fingerprint density at radius 3 is 2.23 bits per heavy atom. The SMILES string of the molecule is C=C(C(=NC(=O)[C@H](C)OC)C(=O)N1CCN(C)CC1)c1ccc(NC(=O)[C@@H](NC(=O)c2ccnn2C(C)C)C(C2CC2)C2CC2)c(F)c1. The lowest BCUT2D eigenvalue weighted by Gasteiger charge is -2.32. The topological polar surface area (TPSA) is 138 Å². The molecule has 4 amide bonds. The summed E-state index contributed by atoms with van der Waals surface area (Å²) in [7, 11) is 3.32. The Kier molecular flexibility index (Phi) is 10.9. The average Bonchev–Trinajstić information content (AvgIpc) is 4.02. The van der Waals surface area contributed by atoms with Gasteiger partial charge in [-0.25, -0.2) is 9.38 Å². The maximum absolute atomic E-state index is 15.7. The molecule has 2 saturated carbocycles. The second-order valence-electron chi connectivity index (χ2n) is 13.4.